The molecule has 0 spiro atoms. The Balaban J connectivity index is 1.39. The highest BCUT2D eigenvalue weighted by molar-refractivity contribution is 5.89. The van der Waals surface area contributed by atoms with Gasteiger partial charge < -0.3 is 9.84 Å². The maximum Gasteiger partial charge on any atom is 0.415 e. The first kappa shape index (κ1) is 18.3. The van der Waals surface area contributed by atoms with Crippen LogP contribution in [0.1, 0.15) is 40.5 Å². The molecule has 2 aromatic carbocycles. The Kier molecular flexibility index (Phi) is 4.43. The normalized spacial score (nSPS) is 14.7. The first-order chi connectivity index (χ1) is 14.6. The lowest BCUT2D eigenvalue weighted by atomic mass is 9.98. The van der Waals surface area contributed by atoms with Gasteiger partial charge in [0.25, 0.3) is 0 Å². The lowest BCUT2D eigenvalue weighted by molar-refractivity contribution is 0.0683. The molecule has 1 amide bonds. The number of ether oxygens (including phenoxy) is 1. The highest BCUT2D eigenvalue weighted by Crippen LogP contribution is 2.44. The number of aromatic nitrogens is 2. The van der Waals surface area contributed by atoms with E-state index in [0.717, 1.165) is 35.1 Å². The molecule has 0 bridgehead atoms. The Labute approximate surface area is 173 Å². The van der Waals surface area contributed by atoms with E-state index in [1.807, 2.05) is 24.3 Å². The molecule has 3 aromatic rings. The van der Waals surface area contributed by atoms with E-state index in [0.29, 0.717) is 0 Å². The summed E-state index contributed by atoms with van der Waals surface area (Å²) in [6.45, 7) is 0.201. The van der Waals surface area contributed by atoms with Crippen LogP contribution in [-0.2, 0) is 4.74 Å². The summed E-state index contributed by atoms with van der Waals surface area (Å²) in [6, 6.07) is 17.8. The van der Waals surface area contributed by atoms with E-state index < -0.39 is 12.1 Å². The van der Waals surface area contributed by atoms with E-state index in [9.17, 15) is 9.59 Å². The lowest BCUT2D eigenvalue weighted by Crippen LogP contribution is -2.35. The number of carbonyl (C=O) groups is 2. The van der Waals surface area contributed by atoms with Crippen LogP contribution in [0.2, 0.25) is 0 Å². The third kappa shape index (κ3) is 3.18. The molecule has 1 aromatic heterocycles. The predicted molar refractivity (Wildman–Crippen MR) is 110 cm³/mol. The molecule has 1 fully saturated rings. The summed E-state index contributed by atoms with van der Waals surface area (Å²) >= 11 is 0. The molecule has 0 radical (unpaired) electrons. The number of amides is 1. The molecular formula is C23H19N3O4. The van der Waals surface area contributed by atoms with Crippen LogP contribution in [-0.4, -0.2) is 39.8 Å². The van der Waals surface area contributed by atoms with Crippen LogP contribution in [0.4, 0.5) is 10.6 Å². The zero-order chi connectivity index (χ0) is 20.7. The van der Waals surface area contributed by atoms with Crippen LogP contribution in [0.3, 0.4) is 0 Å². The number of carboxylic acid groups (broad SMARTS) is 1. The Hall–Kier alpha value is -3.74. The van der Waals surface area contributed by atoms with Gasteiger partial charge in [-0.3, -0.25) is 4.90 Å². The maximum atomic E-state index is 13.0. The largest absolute Gasteiger partial charge is 0.475 e. The van der Waals surface area contributed by atoms with Crippen molar-refractivity contribution in [2.24, 2.45) is 0 Å². The average molecular weight is 401 g/mol. The van der Waals surface area contributed by atoms with Crippen molar-refractivity contribution in [2.45, 2.75) is 24.8 Å². The quantitative estimate of drug-likeness (QED) is 0.692. The van der Waals surface area contributed by atoms with Gasteiger partial charge in [0.15, 0.2) is 0 Å². The third-order valence-electron chi connectivity index (χ3n) is 5.52. The zero-order valence-electron chi connectivity index (χ0n) is 16.1. The standard InChI is InChI=1S/C23H19N3O4/c27-22(28)21-24-12-11-20(25-21)26(14-9-10-14)23(29)30-13-19-17-7-3-1-5-15(17)16-6-2-4-8-18(16)19/h1-8,11-12,14,19H,9-10,13H2,(H,27,28). The van der Waals surface area contributed by atoms with Crippen molar-refractivity contribution in [2.75, 3.05) is 11.5 Å². The molecule has 7 heteroatoms. The fourth-order valence-corrected chi connectivity index (χ4v) is 4.01. The van der Waals surface area contributed by atoms with Crippen LogP contribution in [0.25, 0.3) is 11.1 Å². The molecule has 7 nitrogen and oxygen atoms in total. The number of hydrogen-bond donors (Lipinski definition) is 1. The molecule has 0 saturated heterocycles. The minimum Gasteiger partial charge on any atom is -0.475 e. The molecule has 0 unspecified atom stereocenters. The third-order valence-corrected chi connectivity index (χ3v) is 5.52. The van der Waals surface area contributed by atoms with Gasteiger partial charge in [0, 0.05) is 18.2 Å². The number of anilines is 1. The first-order valence-corrected chi connectivity index (χ1v) is 9.84. The van der Waals surface area contributed by atoms with E-state index in [1.165, 1.54) is 17.2 Å². The van der Waals surface area contributed by atoms with E-state index >= 15 is 0 Å². The molecular weight excluding hydrogens is 382 g/mol. The van der Waals surface area contributed by atoms with Crippen LogP contribution < -0.4 is 4.90 Å². The highest BCUT2D eigenvalue weighted by Gasteiger charge is 2.37. The SMILES string of the molecule is O=C(O)c1nccc(N(C(=O)OCC2c3ccccc3-c3ccccc32)C2CC2)n1. The number of fused-ring (bicyclic) bond motifs is 3. The second-order valence-electron chi connectivity index (χ2n) is 7.45. The summed E-state index contributed by atoms with van der Waals surface area (Å²) in [4.78, 5) is 33.4. The molecule has 1 saturated carbocycles. The van der Waals surface area contributed by atoms with Gasteiger partial charge in [-0.15, -0.1) is 0 Å². The van der Waals surface area contributed by atoms with Crippen LogP contribution in [0.15, 0.2) is 60.8 Å². The molecule has 5 rings (SSSR count). The topological polar surface area (TPSA) is 92.6 Å². The number of carbonyl (C=O) groups excluding carboxylic acids is 1. The Morgan fingerprint density at radius 3 is 2.23 bits per heavy atom. The van der Waals surface area contributed by atoms with Gasteiger partial charge in [-0.2, -0.15) is 0 Å². The number of aromatic carboxylic acids is 1. The molecule has 150 valence electrons. The Morgan fingerprint density at radius 1 is 1.00 bits per heavy atom. The summed E-state index contributed by atoms with van der Waals surface area (Å²) in [5.74, 6) is -1.37. The minimum atomic E-state index is -1.24. The number of hydrogen-bond acceptors (Lipinski definition) is 5. The Morgan fingerprint density at radius 2 is 1.63 bits per heavy atom. The fraction of sp³-hybridized carbons (Fsp3) is 0.217. The molecule has 2 aliphatic carbocycles. The van der Waals surface area contributed by atoms with E-state index in [1.54, 1.807) is 0 Å². The van der Waals surface area contributed by atoms with Crippen molar-refractivity contribution in [3.05, 3.63) is 77.7 Å². The summed E-state index contributed by atoms with van der Waals surface area (Å²) < 4.78 is 5.74. The zero-order valence-corrected chi connectivity index (χ0v) is 16.1. The summed E-state index contributed by atoms with van der Waals surface area (Å²) in [5.41, 5.74) is 4.60. The van der Waals surface area contributed by atoms with Crippen molar-refractivity contribution in [1.29, 1.82) is 0 Å². The Bertz CT molecular complexity index is 1100. The smallest absolute Gasteiger partial charge is 0.415 e. The van der Waals surface area contributed by atoms with Gasteiger partial charge >= 0.3 is 12.1 Å². The van der Waals surface area contributed by atoms with E-state index in [-0.39, 0.29) is 30.2 Å². The molecule has 0 aliphatic heterocycles. The van der Waals surface area contributed by atoms with Gasteiger partial charge in [-0.1, -0.05) is 48.5 Å². The minimum absolute atomic E-state index is 0.0304. The predicted octanol–water partition coefficient (Wildman–Crippen LogP) is 4.09. The van der Waals surface area contributed by atoms with Crippen molar-refractivity contribution >= 4 is 17.9 Å². The highest BCUT2D eigenvalue weighted by atomic mass is 16.6. The van der Waals surface area contributed by atoms with Crippen LogP contribution >= 0.6 is 0 Å². The number of rotatable bonds is 5. The second-order valence-corrected chi connectivity index (χ2v) is 7.45. The van der Waals surface area contributed by atoms with Crippen LogP contribution in [0.5, 0.6) is 0 Å². The van der Waals surface area contributed by atoms with Crippen molar-refractivity contribution in [1.82, 2.24) is 9.97 Å². The molecule has 2 aliphatic rings. The lowest BCUT2D eigenvalue weighted by Gasteiger charge is -2.22. The van der Waals surface area contributed by atoms with E-state index in [2.05, 4.69) is 34.2 Å². The van der Waals surface area contributed by atoms with Gasteiger partial charge in [-0.25, -0.2) is 19.6 Å². The van der Waals surface area contributed by atoms with Crippen molar-refractivity contribution in [3.63, 3.8) is 0 Å². The second kappa shape index (κ2) is 7.26. The molecule has 1 heterocycles. The first-order valence-electron chi connectivity index (χ1n) is 9.84. The molecule has 1 N–H and O–H groups in total. The number of benzene rings is 2. The number of nitrogens with zero attached hydrogens (tertiary/aromatic N) is 3. The van der Waals surface area contributed by atoms with Gasteiger partial charge in [0.1, 0.15) is 12.4 Å². The monoisotopic (exact) mass is 401 g/mol. The van der Waals surface area contributed by atoms with Crippen molar-refractivity contribution in [3.8, 4) is 11.1 Å². The molecule has 0 atom stereocenters. The van der Waals surface area contributed by atoms with Gasteiger partial charge in [-0.05, 0) is 41.2 Å². The average Bonchev–Trinajstić information content (AvgIpc) is 3.55. The van der Waals surface area contributed by atoms with Crippen LogP contribution in [0, 0.1) is 0 Å². The fourth-order valence-electron chi connectivity index (χ4n) is 4.01. The van der Waals surface area contributed by atoms with Gasteiger partial charge in [0.05, 0.1) is 0 Å². The summed E-state index contributed by atoms with van der Waals surface area (Å²) in [6.07, 6.45) is 2.49. The number of carboxylic acids is 1. The van der Waals surface area contributed by atoms with Crippen molar-refractivity contribution < 1.29 is 19.4 Å². The van der Waals surface area contributed by atoms with Gasteiger partial charge in [0.2, 0.25) is 5.82 Å². The summed E-state index contributed by atoms with van der Waals surface area (Å²) in [7, 11) is 0. The van der Waals surface area contributed by atoms with E-state index in [4.69, 9.17) is 9.84 Å². The summed E-state index contributed by atoms with van der Waals surface area (Å²) in [5, 5.41) is 9.16. The maximum absolute atomic E-state index is 13.0. The molecule has 30 heavy (non-hydrogen) atoms.